The lowest BCUT2D eigenvalue weighted by Gasteiger charge is -2.21. The molecule has 0 radical (unpaired) electrons. The number of para-hydroxylation sites is 1. The van der Waals surface area contributed by atoms with Crippen molar-refractivity contribution in [2.45, 2.75) is 26.9 Å². The summed E-state index contributed by atoms with van der Waals surface area (Å²) < 4.78 is 52.2. The van der Waals surface area contributed by atoms with Gasteiger partial charge in [0.2, 0.25) is 0 Å². The average Bonchev–Trinajstić information content (AvgIpc) is 3.29. The minimum atomic E-state index is -4.47. The third-order valence-corrected chi connectivity index (χ3v) is 6.05. The SMILES string of the molecule is COc1cccc(/C=C/c2nc3sccn3c(=O)c2-c2ccc(C(F)(F)F)cc2)c1OCC(C)(C)C. The molecule has 0 atom stereocenters. The van der Waals surface area contributed by atoms with E-state index in [4.69, 9.17) is 9.47 Å². The Morgan fingerprint density at radius 2 is 1.78 bits per heavy atom. The van der Waals surface area contributed by atoms with Crippen molar-refractivity contribution in [2.24, 2.45) is 5.41 Å². The molecule has 0 unspecified atom stereocenters. The van der Waals surface area contributed by atoms with Gasteiger partial charge in [0, 0.05) is 17.1 Å². The smallest absolute Gasteiger partial charge is 0.416 e. The molecule has 0 saturated carbocycles. The first-order valence-corrected chi connectivity index (χ1v) is 12.0. The lowest BCUT2D eigenvalue weighted by atomic mass is 9.98. The van der Waals surface area contributed by atoms with Gasteiger partial charge in [-0.2, -0.15) is 13.2 Å². The predicted molar refractivity (Wildman–Crippen MR) is 137 cm³/mol. The number of alkyl halides is 3. The second kappa shape index (κ2) is 9.81. The van der Waals surface area contributed by atoms with Crippen LogP contribution in [0, 0.1) is 5.41 Å². The van der Waals surface area contributed by atoms with Crippen molar-refractivity contribution in [1.82, 2.24) is 9.38 Å². The number of nitrogens with zero attached hydrogens (tertiary/aromatic N) is 2. The second-order valence-electron chi connectivity index (χ2n) is 9.37. The molecule has 0 spiro atoms. The lowest BCUT2D eigenvalue weighted by Crippen LogP contribution is -2.17. The van der Waals surface area contributed by atoms with Crippen LogP contribution < -0.4 is 15.0 Å². The molecule has 0 aliphatic carbocycles. The number of halogens is 3. The third kappa shape index (κ3) is 5.46. The van der Waals surface area contributed by atoms with Crippen LogP contribution in [0.3, 0.4) is 0 Å². The number of methoxy groups -OCH3 is 1. The van der Waals surface area contributed by atoms with Crippen molar-refractivity contribution in [3.05, 3.63) is 81.2 Å². The van der Waals surface area contributed by atoms with Gasteiger partial charge in [0.05, 0.1) is 30.5 Å². The van der Waals surface area contributed by atoms with Crippen molar-refractivity contribution in [2.75, 3.05) is 13.7 Å². The van der Waals surface area contributed by atoms with Crippen LogP contribution in [0.4, 0.5) is 13.2 Å². The van der Waals surface area contributed by atoms with Gasteiger partial charge in [-0.1, -0.05) is 45.0 Å². The number of fused-ring (bicyclic) bond motifs is 1. The number of ether oxygens (including phenoxy) is 2. The van der Waals surface area contributed by atoms with Crippen LogP contribution in [0.25, 0.3) is 28.2 Å². The Hall–Kier alpha value is -3.59. The summed E-state index contributed by atoms with van der Waals surface area (Å²) in [6.07, 6.45) is 0.561. The summed E-state index contributed by atoms with van der Waals surface area (Å²) in [5, 5.41) is 1.73. The zero-order valence-corrected chi connectivity index (χ0v) is 21.0. The highest BCUT2D eigenvalue weighted by Gasteiger charge is 2.30. The maximum absolute atomic E-state index is 13.3. The molecule has 2 aromatic carbocycles. The van der Waals surface area contributed by atoms with E-state index in [1.165, 1.54) is 27.9 Å². The molecule has 4 rings (SSSR count). The van der Waals surface area contributed by atoms with E-state index in [9.17, 15) is 18.0 Å². The Morgan fingerprint density at radius 3 is 2.42 bits per heavy atom. The molecule has 4 aromatic rings. The van der Waals surface area contributed by atoms with Crippen LogP contribution in [0.2, 0.25) is 0 Å². The van der Waals surface area contributed by atoms with E-state index >= 15 is 0 Å². The molecule has 0 N–H and O–H groups in total. The molecule has 9 heteroatoms. The van der Waals surface area contributed by atoms with Gasteiger partial charge >= 0.3 is 6.18 Å². The van der Waals surface area contributed by atoms with Gasteiger partial charge in [-0.15, -0.1) is 11.3 Å². The third-order valence-electron chi connectivity index (χ3n) is 5.29. The Labute approximate surface area is 210 Å². The minimum Gasteiger partial charge on any atom is -0.493 e. The zero-order chi connectivity index (χ0) is 26.1. The highest BCUT2D eigenvalue weighted by atomic mass is 32.1. The number of aromatic nitrogens is 2. The number of thiazole rings is 1. The van der Waals surface area contributed by atoms with Crippen LogP contribution >= 0.6 is 11.3 Å². The second-order valence-corrected chi connectivity index (χ2v) is 10.2. The standard InChI is InChI=1S/C27H25F3N2O3S/c1-26(2,3)16-35-23-18(6-5-7-21(23)34-4)10-13-20-22(24(33)32-14-15-36-25(32)31-20)17-8-11-19(12-9-17)27(28,29)30/h5-15H,16H2,1-4H3/b13-10+. The first-order valence-electron chi connectivity index (χ1n) is 11.1. The Bertz CT molecular complexity index is 1460. The van der Waals surface area contributed by atoms with Crippen molar-refractivity contribution in [3.63, 3.8) is 0 Å². The van der Waals surface area contributed by atoms with E-state index in [-0.39, 0.29) is 16.5 Å². The first kappa shape index (κ1) is 25.5. The molecule has 0 aliphatic heterocycles. The summed E-state index contributed by atoms with van der Waals surface area (Å²) in [6, 6.07) is 9.98. The average molecular weight is 515 g/mol. The molecule has 2 heterocycles. The van der Waals surface area contributed by atoms with E-state index in [1.807, 2.05) is 12.1 Å². The molecular weight excluding hydrogens is 489 g/mol. The molecule has 5 nitrogen and oxygen atoms in total. The highest BCUT2D eigenvalue weighted by Crippen LogP contribution is 2.35. The van der Waals surface area contributed by atoms with E-state index in [0.717, 1.165) is 12.1 Å². The summed E-state index contributed by atoms with van der Waals surface area (Å²) in [5.41, 5.74) is 0.363. The van der Waals surface area contributed by atoms with Crippen LogP contribution in [0.15, 0.2) is 58.8 Å². The molecule has 0 saturated heterocycles. The van der Waals surface area contributed by atoms with Gasteiger partial charge in [-0.25, -0.2) is 4.98 Å². The fraction of sp³-hybridized carbons (Fsp3) is 0.259. The molecule has 0 amide bonds. The molecule has 2 aromatic heterocycles. The first-order chi connectivity index (χ1) is 17.0. The number of hydrogen-bond acceptors (Lipinski definition) is 5. The Morgan fingerprint density at radius 1 is 1.06 bits per heavy atom. The summed E-state index contributed by atoms with van der Waals surface area (Å²) in [4.78, 5) is 18.4. The number of rotatable bonds is 6. The fourth-order valence-corrected chi connectivity index (χ4v) is 4.26. The molecule has 188 valence electrons. The summed E-state index contributed by atoms with van der Waals surface area (Å²) in [7, 11) is 1.56. The fourth-order valence-electron chi connectivity index (χ4n) is 3.55. The lowest BCUT2D eigenvalue weighted by molar-refractivity contribution is -0.137. The molecule has 36 heavy (non-hydrogen) atoms. The molecule has 0 fully saturated rings. The van der Waals surface area contributed by atoms with E-state index in [0.29, 0.717) is 39.9 Å². The van der Waals surface area contributed by atoms with Crippen LogP contribution in [0.1, 0.15) is 37.6 Å². The highest BCUT2D eigenvalue weighted by molar-refractivity contribution is 7.15. The van der Waals surface area contributed by atoms with Gasteiger partial charge in [0.1, 0.15) is 0 Å². The van der Waals surface area contributed by atoms with Gasteiger partial charge in [-0.05, 0) is 41.3 Å². The van der Waals surface area contributed by atoms with Gasteiger partial charge < -0.3 is 9.47 Å². The largest absolute Gasteiger partial charge is 0.493 e. The summed E-state index contributed by atoms with van der Waals surface area (Å²) in [5.74, 6) is 1.11. The Balaban J connectivity index is 1.82. The topological polar surface area (TPSA) is 52.8 Å². The summed E-state index contributed by atoms with van der Waals surface area (Å²) >= 11 is 1.29. The van der Waals surface area contributed by atoms with Crippen LogP contribution in [-0.2, 0) is 6.18 Å². The van der Waals surface area contributed by atoms with Crippen LogP contribution in [-0.4, -0.2) is 23.1 Å². The van der Waals surface area contributed by atoms with Gasteiger partial charge in [0.15, 0.2) is 16.5 Å². The van der Waals surface area contributed by atoms with Crippen molar-refractivity contribution in [1.29, 1.82) is 0 Å². The maximum atomic E-state index is 13.3. The number of hydrogen-bond donors (Lipinski definition) is 0. The van der Waals surface area contributed by atoms with E-state index in [2.05, 4.69) is 25.8 Å². The molecule has 0 aliphatic rings. The van der Waals surface area contributed by atoms with Crippen molar-refractivity contribution < 1.29 is 22.6 Å². The predicted octanol–water partition coefficient (Wildman–Crippen LogP) is 7.05. The van der Waals surface area contributed by atoms with Crippen molar-refractivity contribution >= 4 is 28.4 Å². The van der Waals surface area contributed by atoms with Gasteiger partial charge in [-0.3, -0.25) is 9.20 Å². The van der Waals surface area contributed by atoms with E-state index < -0.39 is 11.7 Å². The minimum absolute atomic E-state index is 0.0853. The van der Waals surface area contributed by atoms with E-state index in [1.54, 1.807) is 36.9 Å². The normalized spacial score (nSPS) is 12.4. The maximum Gasteiger partial charge on any atom is 0.416 e. The summed E-state index contributed by atoms with van der Waals surface area (Å²) in [6.45, 7) is 6.62. The van der Waals surface area contributed by atoms with Gasteiger partial charge in [0.25, 0.3) is 5.56 Å². The Kier molecular flexibility index (Phi) is 6.95. The zero-order valence-electron chi connectivity index (χ0n) is 20.2. The van der Waals surface area contributed by atoms with Crippen molar-refractivity contribution in [3.8, 4) is 22.6 Å². The molecule has 0 bridgehead atoms. The number of benzene rings is 2. The molecular formula is C27H25F3N2O3S. The van der Waals surface area contributed by atoms with Crippen LogP contribution in [0.5, 0.6) is 11.5 Å². The monoisotopic (exact) mass is 514 g/mol. The quantitative estimate of drug-likeness (QED) is 0.277.